The van der Waals surface area contributed by atoms with Gasteiger partial charge >= 0.3 is 5.97 Å². The zero-order valence-corrected chi connectivity index (χ0v) is 15.2. The second-order valence-electron chi connectivity index (χ2n) is 7.22. The van der Waals surface area contributed by atoms with E-state index in [0.29, 0.717) is 6.10 Å². The highest BCUT2D eigenvalue weighted by atomic mass is 16.5. The van der Waals surface area contributed by atoms with Crippen molar-refractivity contribution in [3.05, 3.63) is 0 Å². The summed E-state index contributed by atoms with van der Waals surface area (Å²) in [7, 11) is 0. The molecule has 0 amide bonds. The van der Waals surface area contributed by atoms with E-state index in [1.165, 1.54) is 64.2 Å². The average Bonchev–Trinajstić information content (AvgIpc) is 2.56. The van der Waals surface area contributed by atoms with Crippen molar-refractivity contribution in [2.24, 2.45) is 5.92 Å². The van der Waals surface area contributed by atoms with Crippen LogP contribution in [-0.2, 0) is 9.53 Å². The summed E-state index contributed by atoms with van der Waals surface area (Å²) in [5, 5.41) is 8.97. The number of ether oxygens (including phenoxy) is 1. The molecule has 1 fully saturated rings. The van der Waals surface area contributed by atoms with Crippen molar-refractivity contribution >= 4 is 5.97 Å². The van der Waals surface area contributed by atoms with Crippen molar-refractivity contribution in [2.75, 3.05) is 6.61 Å². The molecular formula is C20H38O3. The normalized spacial score (nSPS) is 21.4. The molecule has 0 aromatic rings. The minimum absolute atomic E-state index is 0.128. The molecule has 23 heavy (non-hydrogen) atoms. The summed E-state index contributed by atoms with van der Waals surface area (Å²) >= 11 is 0. The van der Waals surface area contributed by atoms with Crippen LogP contribution in [0.1, 0.15) is 103 Å². The number of aliphatic carboxylic acids is 1. The third-order valence-electron chi connectivity index (χ3n) is 5.12. The molecule has 1 saturated carbocycles. The number of hydrogen-bond donors (Lipinski definition) is 1. The molecule has 0 radical (unpaired) electrons. The van der Waals surface area contributed by atoms with Crippen LogP contribution in [0.4, 0.5) is 0 Å². The second kappa shape index (κ2) is 13.8. The number of unbranched alkanes of at least 4 members (excludes halogenated alkanes) is 10. The molecule has 1 N–H and O–H groups in total. The van der Waals surface area contributed by atoms with Gasteiger partial charge in [-0.25, -0.2) is 0 Å². The lowest BCUT2D eigenvalue weighted by molar-refractivity contribution is -0.143. The molecule has 3 nitrogen and oxygen atoms in total. The molecule has 0 atom stereocenters. The maximum atomic E-state index is 10.9. The molecule has 0 spiro atoms. The van der Waals surface area contributed by atoms with Gasteiger partial charge < -0.3 is 9.84 Å². The summed E-state index contributed by atoms with van der Waals surface area (Å²) in [6.45, 7) is 3.13. The monoisotopic (exact) mass is 326 g/mol. The molecule has 0 aromatic carbocycles. The van der Waals surface area contributed by atoms with E-state index >= 15 is 0 Å². The van der Waals surface area contributed by atoms with Gasteiger partial charge in [-0.1, -0.05) is 71.1 Å². The lowest BCUT2D eigenvalue weighted by Gasteiger charge is -2.26. The Morgan fingerprint density at radius 1 is 0.826 bits per heavy atom. The Hall–Kier alpha value is -0.570. The topological polar surface area (TPSA) is 46.5 Å². The maximum absolute atomic E-state index is 10.9. The fourth-order valence-corrected chi connectivity index (χ4v) is 3.49. The minimum Gasteiger partial charge on any atom is -0.481 e. The van der Waals surface area contributed by atoms with Gasteiger partial charge in [0, 0.05) is 6.61 Å². The number of carboxylic acids is 1. The summed E-state index contributed by atoms with van der Waals surface area (Å²) in [5.41, 5.74) is 0. The predicted molar refractivity (Wildman–Crippen MR) is 95.8 cm³/mol. The van der Waals surface area contributed by atoms with Gasteiger partial charge in [-0.3, -0.25) is 4.79 Å². The van der Waals surface area contributed by atoms with Gasteiger partial charge in [-0.05, 0) is 32.1 Å². The molecule has 3 heteroatoms. The molecule has 1 rings (SSSR count). The van der Waals surface area contributed by atoms with E-state index < -0.39 is 5.97 Å². The Kier molecular flexibility index (Phi) is 12.3. The largest absolute Gasteiger partial charge is 0.481 e. The lowest BCUT2D eigenvalue weighted by atomic mass is 9.87. The van der Waals surface area contributed by atoms with Crippen LogP contribution in [0.25, 0.3) is 0 Å². The Morgan fingerprint density at radius 2 is 1.30 bits per heavy atom. The highest BCUT2D eigenvalue weighted by Crippen LogP contribution is 2.26. The van der Waals surface area contributed by atoms with Gasteiger partial charge in [-0.15, -0.1) is 0 Å². The molecular weight excluding hydrogens is 288 g/mol. The van der Waals surface area contributed by atoms with Crippen LogP contribution in [-0.4, -0.2) is 23.8 Å². The van der Waals surface area contributed by atoms with Crippen molar-refractivity contribution < 1.29 is 14.6 Å². The molecule has 0 saturated heterocycles. The van der Waals surface area contributed by atoms with Crippen LogP contribution >= 0.6 is 0 Å². The van der Waals surface area contributed by atoms with Gasteiger partial charge in [-0.2, -0.15) is 0 Å². The van der Waals surface area contributed by atoms with E-state index in [1.807, 2.05) is 0 Å². The zero-order chi connectivity index (χ0) is 16.8. The van der Waals surface area contributed by atoms with Gasteiger partial charge in [0.15, 0.2) is 0 Å². The quantitative estimate of drug-likeness (QED) is 0.401. The molecule has 1 aliphatic carbocycles. The third kappa shape index (κ3) is 10.8. The molecule has 0 unspecified atom stereocenters. The molecule has 0 bridgehead atoms. The van der Waals surface area contributed by atoms with Crippen LogP contribution in [0.2, 0.25) is 0 Å². The maximum Gasteiger partial charge on any atom is 0.306 e. The van der Waals surface area contributed by atoms with E-state index in [0.717, 1.165) is 38.7 Å². The van der Waals surface area contributed by atoms with Crippen LogP contribution < -0.4 is 0 Å². The van der Waals surface area contributed by atoms with Crippen molar-refractivity contribution in [1.29, 1.82) is 0 Å². The van der Waals surface area contributed by atoms with Crippen LogP contribution in [0.5, 0.6) is 0 Å². The molecule has 0 aromatic heterocycles. The summed E-state index contributed by atoms with van der Waals surface area (Å²) < 4.78 is 5.90. The highest BCUT2D eigenvalue weighted by molar-refractivity contribution is 5.70. The molecule has 0 aliphatic heterocycles. The predicted octanol–water partition coefficient (Wildman–Crippen LogP) is 5.96. The smallest absolute Gasteiger partial charge is 0.306 e. The van der Waals surface area contributed by atoms with Gasteiger partial charge in [0.25, 0.3) is 0 Å². The van der Waals surface area contributed by atoms with E-state index in [-0.39, 0.29) is 5.92 Å². The molecule has 0 heterocycles. The summed E-state index contributed by atoms with van der Waals surface area (Å²) in [5.74, 6) is -0.759. The first-order chi connectivity index (χ1) is 11.2. The summed E-state index contributed by atoms with van der Waals surface area (Å²) in [6.07, 6.45) is 18.7. The number of hydrogen-bond acceptors (Lipinski definition) is 2. The second-order valence-corrected chi connectivity index (χ2v) is 7.22. The van der Waals surface area contributed by atoms with Crippen molar-refractivity contribution in [2.45, 2.75) is 109 Å². The fraction of sp³-hybridized carbons (Fsp3) is 0.950. The van der Waals surface area contributed by atoms with Gasteiger partial charge in [0.05, 0.1) is 12.0 Å². The Bertz CT molecular complexity index is 283. The fourth-order valence-electron chi connectivity index (χ4n) is 3.49. The first-order valence-electron chi connectivity index (χ1n) is 10.1. The van der Waals surface area contributed by atoms with E-state index in [1.54, 1.807) is 0 Å². The van der Waals surface area contributed by atoms with Gasteiger partial charge in [0.2, 0.25) is 0 Å². The lowest BCUT2D eigenvalue weighted by Crippen LogP contribution is -2.26. The number of carbonyl (C=O) groups is 1. The van der Waals surface area contributed by atoms with Gasteiger partial charge in [0.1, 0.15) is 0 Å². The Morgan fingerprint density at radius 3 is 1.78 bits per heavy atom. The standard InChI is InChI=1S/C20H38O3/c1-2-3-4-5-6-7-8-9-10-11-12-17-23-19-15-13-18(14-16-19)20(21)22/h18-19H,2-17H2,1H3,(H,21,22). The van der Waals surface area contributed by atoms with E-state index in [9.17, 15) is 4.79 Å². The van der Waals surface area contributed by atoms with Crippen molar-refractivity contribution in [3.8, 4) is 0 Å². The average molecular weight is 327 g/mol. The van der Waals surface area contributed by atoms with Crippen molar-refractivity contribution in [3.63, 3.8) is 0 Å². The Balaban J connectivity index is 1.79. The van der Waals surface area contributed by atoms with E-state index in [4.69, 9.17) is 9.84 Å². The summed E-state index contributed by atoms with van der Waals surface area (Å²) in [4.78, 5) is 10.9. The SMILES string of the molecule is CCCCCCCCCCCCCOC1CCC(C(=O)O)CC1. The first-order valence-corrected chi connectivity index (χ1v) is 10.1. The molecule has 136 valence electrons. The Labute approximate surface area is 143 Å². The van der Waals surface area contributed by atoms with Crippen molar-refractivity contribution in [1.82, 2.24) is 0 Å². The summed E-state index contributed by atoms with van der Waals surface area (Å²) in [6, 6.07) is 0. The number of carboxylic acid groups (broad SMARTS) is 1. The van der Waals surface area contributed by atoms with Crippen LogP contribution in [0.3, 0.4) is 0 Å². The number of rotatable bonds is 14. The molecule has 1 aliphatic rings. The zero-order valence-electron chi connectivity index (χ0n) is 15.2. The third-order valence-corrected chi connectivity index (χ3v) is 5.12. The minimum atomic E-state index is -0.631. The first kappa shape index (κ1) is 20.5. The van der Waals surface area contributed by atoms with Crippen LogP contribution in [0, 0.1) is 5.92 Å². The van der Waals surface area contributed by atoms with E-state index in [2.05, 4.69) is 6.92 Å². The van der Waals surface area contributed by atoms with Crippen LogP contribution in [0.15, 0.2) is 0 Å². The highest BCUT2D eigenvalue weighted by Gasteiger charge is 2.25.